The molecule has 3 aliphatic rings. The Morgan fingerprint density at radius 1 is 1.10 bits per heavy atom. The van der Waals surface area contributed by atoms with Crippen LogP contribution in [-0.2, 0) is 0 Å². The Kier molecular flexibility index (Phi) is 10.1. The van der Waals surface area contributed by atoms with Gasteiger partial charge in [0.15, 0.2) is 0 Å². The first kappa shape index (κ1) is 26.4. The zero-order chi connectivity index (χ0) is 23.1. The Balaban J connectivity index is 0.00000107. The van der Waals surface area contributed by atoms with E-state index in [4.69, 9.17) is 0 Å². The summed E-state index contributed by atoms with van der Waals surface area (Å²) in [5.74, 6) is 2.36. The molecule has 0 saturated heterocycles. The maximum atomic E-state index is 9.96. The lowest BCUT2D eigenvalue weighted by molar-refractivity contribution is 0.0660. The molecule has 3 aliphatic carbocycles. The van der Waals surface area contributed by atoms with Gasteiger partial charge in [0, 0.05) is 0 Å². The summed E-state index contributed by atoms with van der Waals surface area (Å²) in [6.07, 6.45) is 21.5. The third-order valence-electron chi connectivity index (χ3n) is 8.32. The number of rotatable bonds is 6. The Morgan fingerprint density at radius 3 is 2.45 bits per heavy atom. The lowest BCUT2D eigenvalue weighted by Crippen LogP contribution is -2.33. The second-order valence-corrected chi connectivity index (χ2v) is 11.8. The smallest absolute Gasteiger partial charge is 0.0591 e. The predicted octanol–water partition coefficient (Wildman–Crippen LogP) is 9.18. The van der Waals surface area contributed by atoms with Crippen LogP contribution in [0, 0.1) is 23.2 Å². The minimum atomic E-state index is -0.501. The summed E-state index contributed by atoms with van der Waals surface area (Å²) in [6.45, 7) is 17.3. The lowest BCUT2D eigenvalue weighted by Gasteiger charge is -2.42. The van der Waals surface area contributed by atoms with Gasteiger partial charge in [0.1, 0.15) is 0 Å². The molecule has 3 rings (SSSR count). The molecule has 0 spiro atoms. The second kappa shape index (κ2) is 11.9. The van der Waals surface area contributed by atoms with Gasteiger partial charge in [0.25, 0.3) is 0 Å². The SMILES string of the molecule is C=C1CC/C(=C/C=C2\CCC[C@]3(C)C(CCCCC(C)(C)O)CCC23)C[C@H]1C.CCC. The quantitative estimate of drug-likeness (QED) is 0.330. The van der Waals surface area contributed by atoms with Crippen molar-refractivity contribution in [1.29, 1.82) is 0 Å². The zero-order valence-corrected chi connectivity index (χ0v) is 21.7. The Hall–Kier alpha value is -0.820. The van der Waals surface area contributed by atoms with Crippen molar-refractivity contribution in [2.24, 2.45) is 23.2 Å². The van der Waals surface area contributed by atoms with E-state index in [1.54, 1.807) is 11.1 Å². The van der Waals surface area contributed by atoms with E-state index in [1.807, 2.05) is 13.8 Å². The fourth-order valence-electron chi connectivity index (χ4n) is 6.35. The van der Waals surface area contributed by atoms with E-state index in [2.05, 4.69) is 46.4 Å². The maximum absolute atomic E-state index is 9.96. The fourth-order valence-corrected chi connectivity index (χ4v) is 6.35. The average molecular weight is 429 g/mol. The summed E-state index contributed by atoms with van der Waals surface area (Å²) in [6, 6.07) is 0. The number of hydrogen-bond acceptors (Lipinski definition) is 1. The van der Waals surface area contributed by atoms with Crippen LogP contribution in [0.5, 0.6) is 0 Å². The average Bonchev–Trinajstić information content (AvgIpc) is 3.03. The Morgan fingerprint density at radius 2 is 1.81 bits per heavy atom. The van der Waals surface area contributed by atoms with E-state index in [9.17, 15) is 5.11 Å². The van der Waals surface area contributed by atoms with Crippen LogP contribution in [0.3, 0.4) is 0 Å². The predicted molar refractivity (Wildman–Crippen MR) is 137 cm³/mol. The van der Waals surface area contributed by atoms with Crippen molar-refractivity contribution in [3.05, 3.63) is 35.5 Å². The molecule has 1 N–H and O–H groups in total. The first-order valence-electron chi connectivity index (χ1n) is 13.4. The van der Waals surface area contributed by atoms with E-state index in [0.717, 1.165) is 18.3 Å². The van der Waals surface area contributed by atoms with Gasteiger partial charge in [-0.2, -0.15) is 0 Å². The summed E-state index contributed by atoms with van der Waals surface area (Å²) in [4.78, 5) is 0. The van der Waals surface area contributed by atoms with Crippen LogP contribution >= 0.6 is 0 Å². The van der Waals surface area contributed by atoms with E-state index >= 15 is 0 Å². The first-order chi connectivity index (χ1) is 14.6. The number of aliphatic hydroxyl groups is 1. The highest BCUT2D eigenvalue weighted by Crippen LogP contribution is 2.58. The lowest BCUT2D eigenvalue weighted by atomic mass is 9.62. The third kappa shape index (κ3) is 7.62. The molecule has 0 amide bonds. The van der Waals surface area contributed by atoms with Crippen molar-refractivity contribution in [3.8, 4) is 0 Å². The van der Waals surface area contributed by atoms with Crippen molar-refractivity contribution >= 4 is 0 Å². The topological polar surface area (TPSA) is 20.2 Å². The van der Waals surface area contributed by atoms with Crippen LogP contribution in [0.25, 0.3) is 0 Å². The maximum Gasteiger partial charge on any atom is 0.0591 e. The number of allylic oxidation sites excluding steroid dienone is 5. The zero-order valence-electron chi connectivity index (χ0n) is 21.7. The van der Waals surface area contributed by atoms with E-state index in [0.29, 0.717) is 11.3 Å². The molecule has 3 saturated carbocycles. The summed E-state index contributed by atoms with van der Waals surface area (Å²) >= 11 is 0. The highest BCUT2D eigenvalue weighted by atomic mass is 16.3. The molecule has 0 bridgehead atoms. The van der Waals surface area contributed by atoms with Gasteiger partial charge in [-0.1, -0.05) is 82.4 Å². The molecular weight excluding hydrogens is 376 g/mol. The first-order valence-corrected chi connectivity index (χ1v) is 13.4. The molecule has 0 radical (unpaired) electrons. The van der Waals surface area contributed by atoms with Gasteiger partial charge in [-0.15, -0.1) is 0 Å². The molecule has 1 nitrogen and oxygen atoms in total. The fraction of sp³-hybridized carbons (Fsp3) is 0.800. The summed E-state index contributed by atoms with van der Waals surface area (Å²) < 4.78 is 0. The number of unbranched alkanes of at least 4 members (excludes halogenated alkanes) is 1. The second-order valence-electron chi connectivity index (χ2n) is 11.8. The normalized spacial score (nSPS) is 33.9. The number of fused-ring (bicyclic) bond motifs is 1. The molecule has 0 heterocycles. The summed E-state index contributed by atoms with van der Waals surface area (Å²) in [5, 5.41) is 9.96. The molecule has 178 valence electrons. The Labute approximate surface area is 194 Å². The highest BCUT2D eigenvalue weighted by molar-refractivity contribution is 5.27. The Bertz CT molecular complexity index is 631. The van der Waals surface area contributed by atoms with Crippen molar-refractivity contribution in [1.82, 2.24) is 0 Å². The molecule has 2 unspecified atom stereocenters. The van der Waals surface area contributed by atoms with Crippen molar-refractivity contribution < 1.29 is 5.11 Å². The molecule has 0 aromatic carbocycles. The molecule has 31 heavy (non-hydrogen) atoms. The minimum Gasteiger partial charge on any atom is -0.390 e. The van der Waals surface area contributed by atoms with Crippen LogP contribution in [0.2, 0.25) is 0 Å². The van der Waals surface area contributed by atoms with Gasteiger partial charge in [-0.3, -0.25) is 0 Å². The van der Waals surface area contributed by atoms with Crippen LogP contribution in [0.15, 0.2) is 35.5 Å². The standard InChI is InChI=1S/C27H44O.C3H8/c1-20-11-12-22(19-21(20)2)13-14-23-9-8-18-27(5)24(15-16-25(23)27)10-6-7-17-26(3,4)28;1-3-2/h13-14,21,24-25,28H,1,6-12,15-19H2,2-5H3;3H2,1-2H3/b22-13-,23-14+;/t21-,24?,25?,27-;/m1./s1. The molecular formula is C30H52O. The molecule has 0 aromatic heterocycles. The van der Waals surface area contributed by atoms with Crippen LogP contribution in [0.1, 0.15) is 125 Å². The van der Waals surface area contributed by atoms with Crippen LogP contribution in [0.4, 0.5) is 0 Å². The third-order valence-corrected chi connectivity index (χ3v) is 8.32. The van der Waals surface area contributed by atoms with Gasteiger partial charge in [-0.25, -0.2) is 0 Å². The number of hydrogen-bond donors (Lipinski definition) is 1. The van der Waals surface area contributed by atoms with E-state index < -0.39 is 5.60 Å². The minimum absolute atomic E-state index is 0.501. The van der Waals surface area contributed by atoms with Crippen molar-refractivity contribution in [2.75, 3.05) is 0 Å². The van der Waals surface area contributed by atoms with Crippen LogP contribution in [-0.4, -0.2) is 10.7 Å². The summed E-state index contributed by atoms with van der Waals surface area (Å²) in [7, 11) is 0. The van der Waals surface area contributed by atoms with E-state index in [-0.39, 0.29) is 0 Å². The van der Waals surface area contributed by atoms with Crippen molar-refractivity contribution in [2.45, 2.75) is 131 Å². The molecule has 3 fully saturated rings. The summed E-state index contributed by atoms with van der Waals surface area (Å²) in [5.41, 5.74) is 4.85. The largest absolute Gasteiger partial charge is 0.390 e. The monoisotopic (exact) mass is 428 g/mol. The molecule has 0 aromatic rings. The van der Waals surface area contributed by atoms with Gasteiger partial charge >= 0.3 is 0 Å². The van der Waals surface area contributed by atoms with Crippen LogP contribution < -0.4 is 0 Å². The molecule has 0 aliphatic heterocycles. The molecule has 4 atom stereocenters. The van der Waals surface area contributed by atoms with Gasteiger partial charge in [-0.05, 0) is 101 Å². The van der Waals surface area contributed by atoms with Crippen molar-refractivity contribution in [3.63, 3.8) is 0 Å². The van der Waals surface area contributed by atoms with Gasteiger partial charge in [0.05, 0.1) is 5.60 Å². The highest BCUT2D eigenvalue weighted by Gasteiger charge is 2.48. The van der Waals surface area contributed by atoms with Gasteiger partial charge in [0.2, 0.25) is 0 Å². The molecule has 1 heteroatoms. The van der Waals surface area contributed by atoms with E-state index in [1.165, 1.54) is 82.6 Å². The van der Waals surface area contributed by atoms with Gasteiger partial charge < -0.3 is 5.11 Å².